The molecule has 2 atom stereocenters. The maximum absolute atomic E-state index is 12.7. The molecule has 1 N–H and O–H groups in total. The summed E-state index contributed by atoms with van der Waals surface area (Å²) < 4.78 is 5.88. The highest BCUT2D eigenvalue weighted by Gasteiger charge is 2.39. The Kier molecular flexibility index (Phi) is 3.49. The van der Waals surface area contributed by atoms with Gasteiger partial charge in [-0.2, -0.15) is 0 Å². The zero-order valence-corrected chi connectivity index (χ0v) is 12.8. The Balaban J connectivity index is 1.83. The summed E-state index contributed by atoms with van der Waals surface area (Å²) in [6, 6.07) is 9.87. The van der Waals surface area contributed by atoms with Gasteiger partial charge >= 0.3 is 0 Å². The van der Waals surface area contributed by atoms with E-state index in [1.54, 1.807) is 4.90 Å². The van der Waals surface area contributed by atoms with E-state index >= 15 is 0 Å². The van der Waals surface area contributed by atoms with E-state index in [2.05, 4.69) is 5.32 Å². The maximum Gasteiger partial charge on any atom is 0.242 e. The zero-order chi connectivity index (χ0) is 15.0. The van der Waals surface area contributed by atoms with E-state index in [0.717, 1.165) is 36.1 Å². The minimum absolute atomic E-state index is 0.0795. The number of fused-ring (bicyclic) bond motifs is 1. The van der Waals surface area contributed by atoms with E-state index in [0.29, 0.717) is 0 Å². The first kappa shape index (κ1) is 14.1. The van der Waals surface area contributed by atoms with Crippen molar-refractivity contribution in [1.82, 2.24) is 10.2 Å². The molecule has 2 heterocycles. The molecular weight excluding hydrogens is 264 g/mol. The molecule has 1 aliphatic heterocycles. The van der Waals surface area contributed by atoms with Crippen LogP contribution in [-0.4, -0.2) is 29.9 Å². The number of rotatable bonds is 3. The Bertz CT molecular complexity index is 623. The number of likely N-dealkylation sites (N-methyl/N-ethyl adjacent to an activating group) is 1. The monoisotopic (exact) mass is 286 g/mol. The van der Waals surface area contributed by atoms with E-state index < -0.39 is 5.54 Å². The summed E-state index contributed by atoms with van der Waals surface area (Å²) in [5.74, 6) is 0.960. The van der Waals surface area contributed by atoms with E-state index in [-0.39, 0.29) is 11.9 Å². The minimum Gasteiger partial charge on any atom is -0.459 e. The Morgan fingerprint density at radius 3 is 2.86 bits per heavy atom. The molecule has 4 nitrogen and oxygen atoms in total. The highest BCUT2D eigenvalue weighted by Crippen LogP contribution is 2.29. The lowest BCUT2D eigenvalue weighted by Gasteiger charge is -2.32. The molecule has 0 saturated carbocycles. The second-order valence-electron chi connectivity index (χ2n) is 6.14. The van der Waals surface area contributed by atoms with Gasteiger partial charge in [0.05, 0.1) is 11.6 Å². The number of amides is 1. The number of nitrogens with one attached hydrogen (secondary N) is 1. The molecule has 2 aromatic rings. The first-order valence-electron chi connectivity index (χ1n) is 7.52. The molecule has 1 aromatic carbocycles. The van der Waals surface area contributed by atoms with E-state index in [4.69, 9.17) is 4.42 Å². The highest BCUT2D eigenvalue weighted by molar-refractivity contribution is 5.86. The number of para-hydroxylation sites is 1. The molecule has 112 valence electrons. The van der Waals surface area contributed by atoms with Crippen molar-refractivity contribution in [3.05, 3.63) is 36.1 Å². The third kappa shape index (κ3) is 2.44. The van der Waals surface area contributed by atoms with Crippen molar-refractivity contribution < 1.29 is 9.21 Å². The topological polar surface area (TPSA) is 45.5 Å². The lowest BCUT2D eigenvalue weighted by atomic mass is 9.97. The summed E-state index contributed by atoms with van der Waals surface area (Å²) in [6.07, 6.45) is 1.94. The summed E-state index contributed by atoms with van der Waals surface area (Å²) in [6.45, 7) is 4.91. The number of benzene rings is 1. The average molecular weight is 286 g/mol. The van der Waals surface area contributed by atoms with Crippen molar-refractivity contribution in [2.75, 3.05) is 13.6 Å². The fourth-order valence-electron chi connectivity index (χ4n) is 3.04. The molecule has 1 aliphatic rings. The van der Waals surface area contributed by atoms with Crippen molar-refractivity contribution in [3.63, 3.8) is 0 Å². The van der Waals surface area contributed by atoms with Crippen LogP contribution < -0.4 is 5.32 Å². The van der Waals surface area contributed by atoms with Crippen LogP contribution in [0.15, 0.2) is 34.7 Å². The van der Waals surface area contributed by atoms with Gasteiger partial charge in [-0.3, -0.25) is 4.79 Å². The predicted octanol–water partition coefficient (Wildman–Crippen LogP) is 3.09. The second kappa shape index (κ2) is 5.19. The van der Waals surface area contributed by atoms with E-state index in [9.17, 15) is 4.79 Å². The fourth-order valence-corrected chi connectivity index (χ4v) is 3.04. The molecule has 1 saturated heterocycles. The molecule has 1 aromatic heterocycles. The Morgan fingerprint density at radius 1 is 1.43 bits per heavy atom. The number of carbonyl (C=O) groups excluding carboxylic acids is 1. The van der Waals surface area contributed by atoms with Crippen LogP contribution in [-0.2, 0) is 4.79 Å². The number of nitrogens with zero attached hydrogens (tertiary/aromatic N) is 1. The summed E-state index contributed by atoms with van der Waals surface area (Å²) in [5, 5.41) is 4.40. The van der Waals surface area contributed by atoms with Crippen LogP contribution >= 0.6 is 0 Å². The minimum atomic E-state index is -0.435. The molecule has 0 aliphatic carbocycles. The predicted molar refractivity (Wildman–Crippen MR) is 83.0 cm³/mol. The SMILES string of the molecule is CC(c1cc2ccccc2o1)N(C)C(=O)C1(C)CCCN1. The van der Waals surface area contributed by atoms with Gasteiger partial charge in [0.15, 0.2) is 0 Å². The number of carbonyl (C=O) groups is 1. The Labute approximate surface area is 125 Å². The molecule has 0 radical (unpaired) electrons. The van der Waals surface area contributed by atoms with Gasteiger partial charge in [-0.05, 0) is 45.4 Å². The summed E-state index contributed by atoms with van der Waals surface area (Å²) in [7, 11) is 1.85. The van der Waals surface area contributed by atoms with Gasteiger partial charge < -0.3 is 14.6 Å². The van der Waals surface area contributed by atoms with Gasteiger partial charge in [-0.15, -0.1) is 0 Å². The van der Waals surface area contributed by atoms with Crippen molar-refractivity contribution >= 4 is 16.9 Å². The Hall–Kier alpha value is -1.81. The standard InChI is InChI=1S/C17H22N2O2/c1-12(15-11-13-7-4-5-8-14(13)21-15)19(3)16(20)17(2)9-6-10-18-17/h4-5,7-8,11-12,18H,6,9-10H2,1-3H3. The molecule has 0 spiro atoms. The lowest BCUT2D eigenvalue weighted by Crippen LogP contribution is -2.52. The van der Waals surface area contributed by atoms with Crippen molar-refractivity contribution in [2.24, 2.45) is 0 Å². The third-order valence-corrected chi connectivity index (χ3v) is 4.60. The smallest absolute Gasteiger partial charge is 0.242 e. The van der Waals surface area contributed by atoms with Crippen LogP contribution in [0.3, 0.4) is 0 Å². The van der Waals surface area contributed by atoms with Crippen LogP contribution in [0, 0.1) is 0 Å². The first-order chi connectivity index (χ1) is 10.0. The number of hydrogen-bond donors (Lipinski definition) is 1. The van der Waals surface area contributed by atoms with Crippen LogP contribution in [0.1, 0.15) is 38.5 Å². The van der Waals surface area contributed by atoms with Gasteiger partial charge in [0.2, 0.25) is 5.91 Å². The quantitative estimate of drug-likeness (QED) is 0.943. The molecular formula is C17H22N2O2. The van der Waals surface area contributed by atoms with Crippen LogP contribution in [0.5, 0.6) is 0 Å². The van der Waals surface area contributed by atoms with Gasteiger partial charge in [-0.25, -0.2) is 0 Å². The van der Waals surface area contributed by atoms with Crippen LogP contribution in [0.2, 0.25) is 0 Å². The summed E-state index contributed by atoms with van der Waals surface area (Å²) >= 11 is 0. The van der Waals surface area contributed by atoms with E-state index in [1.165, 1.54) is 0 Å². The van der Waals surface area contributed by atoms with Gasteiger partial charge in [0, 0.05) is 12.4 Å². The average Bonchev–Trinajstić information content (AvgIpc) is 3.11. The summed E-state index contributed by atoms with van der Waals surface area (Å²) in [5.41, 5.74) is 0.431. The van der Waals surface area contributed by atoms with Gasteiger partial charge in [0.25, 0.3) is 0 Å². The molecule has 3 rings (SSSR count). The number of furan rings is 1. The maximum atomic E-state index is 12.7. The van der Waals surface area contributed by atoms with Gasteiger partial charge in [-0.1, -0.05) is 18.2 Å². The van der Waals surface area contributed by atoms with Crippen LogP contribution in [0.4, 0.5) is 0 Å². The van der Waals surface area contributed by atoms with Gasteiger partial charge in [0.1, 0.15) is 11.3 Å². The normalized spacial score (nSPS) is 23.4. The Morgan fingerprint density at radius 2 is 2.19 bits per heavy atom. The second-order valence-corrected chi connectivity index (χ2v) is 6.14. The largest absolute Gasteiger partial charge is 0.459 e. The van der Waals surface area contributed by atoms with E-state index in [1.807, 2.05) is 51.2 Å². The third-order valence-electron chi connectivity index (χ3n) is 4.60. The highest BCUT2D eigenvalue weighted by atomic mass is 16.3. The summed E-state index contributed by atoms with van der Waals surface area (Å²) in [4.78, 5) is 14.5. The van der Waals surface area contributed by atoms with Crippen LogP contribution in [0.25, 0.3) is 11.0 Å². The lowest BCUT2D eigenvalue weighted by molar-refractivity contribution is -0.138. The molecule has 2 unspecified atom stereocenters. The molecule has 21 heavy (non-hydrogen) atoms. The van der Waals surface area contributed by atoms with Crippen molar-refractivity contribution in [2.45, 2.75) is 38.3 Å². The fraction of sp³-hybridized carbons (Fsp3) is 0.471. The number of hydrogen-bond acceptors (Lipinski definition) is 3. The zero-order valence-electron chi connectivity index (χ0n) is 12.8. The molecule has 0 bridgehead atoms. The molecule has 4 heteroatoms. The first-order valence-corrected chi connectivity index (χ1v) is 7.52. The van der Waals surface area contributed by atoms with Crippen molar-refractivity contribution in [3.8, 4) is 0 Å². The van der Waals surface area contributed by atoms with Crippen molar-refractivity contribution in [1.29, 1.82) is 0 Å². The molecule has 1 fully saturated rings. The molecule has 1 amide bonds.